The van der Waals surface area contributed by atoms with Gasteiger partial charge in [-0.25, -0.2) is 0 Å². The number of hydrazone groups is 1. The maximum atomic E-state index is 5.83. The Morgan fingerprint density at radius 1 is 0.938 bits per heavy atom. The van der Waals surface area contributed by atoms with Gasteiger partial charge in [-0.3, -0.25) is 15.1 Å². The Morgan fingerprint density at radius 3 is 1.78 bits per heavy atom. The second kappa shape index (κ2) is 16.5. The smallest absolute Gasteiger partial charge is 0.0723 e. The molecule has 1 aliphatic rings. The van der Waals surface area contributed by atoms with Crippen LogP contribution in [0.3, 0.4) is 0 Å². The Morgan fingerprint density at radius 2 is 1.44 bits per heavy atom. The van der Waals surface area contributed by atoms with Gasteiger partial charge >= 0.3 is 0 Å². The largest absolute Gasteiger partial charge is 0.323 e. The Balaban J connectivity index is 0.000000244. The van der Waals surface area contributed by atoms with Gasteiger partial charge in [0.05, 0.1) is 5.71 Å². The molecule has 0 spiro atoms. The molecule has 4 rings (SSSR count). The third kappa shape index (κ3) is 11.5. The van der Waals surface area contributed by atoms with E-state index in [9.17, 15) is 0 Å². The minimum atomic E-state index is 0.501. The summed E-state index contributed by atoms with van der Waals surface area (Å²) in [6, 6.07) is 21.0. The van der Waals surface area contributed by atoms with Crippen LogP contribution in [0.2, 0.25) is 10.0 Å². The molecule has 32 heavy (non-hydrogen) atoms. The maximum Gasteiger partial charge on any atom is 0.0723 e. The fourth-order valence-electron chi connectivity index (χ4n) is 2.59. The average Bonchev–Trinajstić information content (AvgIpc) is 3.15. The Bertz CT molecular complexity index is 864. The minimum Gasteiger partial charge on any atom is -0.323 e. The van der Waals surface area contributed by atoms with Crippen molar-refractivity contribution in [2.24, 2.45) is 16.2 Å². The first-order chi connectivity index (χ1) is 15.4. The van der Waals surface area contributed by atoms with Crippen molar-refractivity contribution in [2.75, 3.05) is 27.7 Å². The number of rotatable bonds is 2. The maximum absolute atomic E-state index is 5.83. The van der Waals surface area contributed by atoms with E-state index in [4.69, 9.17) is 28.3 Å². The fourth-order valence-corrected chi connectivity index (χ4v) is 3.14. The van der Waals surface area contributed by atoms with Gasteiger partial charge in [-0.05, 0) is 80.1 Å². The van der Waals surface area contributed by atoms with Crippen LogP contribution < -0.4 is 10.5 Å². The van der Waals surface area contributed by atoms with Gasteiger partial charge in [0.1, 0.15) is 0 Å². The number of aromatic nitrogens is 1. The first-order valence-electron chi connectivity index (χ1n) is 10.0. The zero-order valence-electron chi connectivity index (χ0n) is 18.9. The fraction of sp³-hybridized carbons (Fsp3) is 0.250. The van der Waals surface area contributed by atoms with Crippen molar-refractivity contribution in [1.29, 1.82) is 0 Å². The van der Waals surface area contributed by atoms with E-state index in [1.165, 1.54) is 17.5 Å². The van der Waals surface area contributed by atoms with Crippen molar-refractivity contribution in [3.05, 3.63) is 94.7 Å². The van der Waals surface area contributed by atoms with Crippen LogP contribution in [0.5, 0.6) is 0 Å². The van der Waals surface area contributed by atoms with Crippen molar-refractivity contribution in [3.63, 3.8) is 0 Å². The number of benzene rings is 2. The molecule has 0 saturated carbocycles. The molecule has 0 saturated heterocycles. The van der Waals surface area contributed by atoms with Gasteiger partial charge in [0.2, 0.25) is 0 Å². The van der Waals surface area contributed by atoms with E-state index in [-0.39, 0.29) is 0 Å². The first-order valence-corrected chi connectivity index (χ1v) is 11.7. The summed E-state index contributed by atoms with van der Waals surface area (Å²) in [5.41, 5.74) is 2.33. The van der Waals surface area contributed by atoms with Crippen molar-refractivity contribution in [1.82, 2.24) is 15.3 Å². The summed E-state index contributed by atoms with van der Waals surface area (Å²) < 4.78 is 0. The van der Waals surface area contributed by atoms with E-state index >= 15 is 0 Å². The molecule has 0 bridgehead atoms. The highest BCUT2D eigenvalue weighted by Crippen LogP contribution is 2.19. The summed E-state index contributed by atoms with van der Waals surface area (Å²) in [5, 5.41) is 16.0. The molecule has 172 valence electrons. The average molecular weight is 493 g/mol. The van der Waals surface area contributed by atoms with E-state index in [0.29, 0.717) is 5.92 Å². The van der Waals surface area contributed by atoms with Gasteiger partial charge < -0.3 is 5.32 Å². The molecule has 0 fully saturated rings. The molecule has 0 radical (unpaired) electrons. The van der Waals surface area contributed by atoms with E-state index in [2.05, 4.69) is 22.3 Å². The van der Waals surface area contributed by atoms with Crippen molar-refractivity contribution in [2.45, 2.75) is 11.8 Å². The summed E-state index contributed by atoms with van der Waals surface area (Å²) in [7, 11) is 5.75. The lowest BCUT2D eigenvalue weighted by molar-refractivity contribution is 0.368. The molecule has 1 unspecified atom stereocenters. The Kier molecular flexibility index (Phi) is 14.4. The number of halogens is 2. The van der Waals surface area contributed by atoms with Gasteiger partial charge in [-0.1, -0.05) is 48.3 Å². The van der Waals surface area contributed by atoms with Crippen LogP contribution in [0.15, 0.2) is 89.1 Å². The molecular formula is C24H31Cl2N5S. The zero-order valence-corrected chi connectivity index (χ0v) is 21.2. The van der Waals surface area contributed by atoms with E-state index < -0.39 is 0 Å². The SMILES string of the molecule is CC1CN(C)N=C1c1ccc(Cl)cc1.CNC.NSc1ccc(Cl)cc1.c1ccncc1. The lowest BCUT2D eigenvalue weighted by Crippen LogP contribution is -2.13. The highest BCUT2D eigenvalue weighted by Gasteiger charge is 2.21. The van der Waals surface area contributed by atoms with Crippen LogP contribution in [-0.4, -0.2) is 43.4 Å². The quantitative estimate of drug-likeness (QED) is 0.440. The van der Waals surface area contributed by atoms with Gasteiger partial charge in [-0.15, -0.1) is 0 Å². The molecular weight excluding hydrogens is 461 g/mol. The van der Waals surface area contributed by atoms with Crippen molar-refractivity contribution in [3.8, 4) is 0 Å². The summed E-state index contributed by atoms with van der Waals surface area (Å²) in [4.78, 5) is 4.81. The zero-order chi connectivity index (χ0) is 23.8. The molecule has 8 heteroatoms. The van der Waals surface area contributed by atoms with Crippen LogP contribution in [0.1, 0.15) is 12.5 Å². The van der Waals surface area contributed by atoms with E-state index in [0.717, 1.165) is 27.2 Å². The molecule has 3 aromatic rings. The molecule has 1 aliphatic heterocycles. The normalized spacial score (nSPS) is 14.0. The van der Waals surface area contributed by atoms with Crippen LogP contribution in [0.4, 0.5) is 0 Å². The molecule has 3 N–H and O–H groups in total. The molecule has 0 aliphatic carbocycles. The standard InChI is InChI=1S/C11H13ClN2.C6H6ClNS.C5H5N.C2H7N/c1-8-7-14(2)13-11(8)9-3-5-10(12)6-4-9;7-5-1-3-6(9-8)4-2-5;1-2-4-6-5-3-1;1-3-2/h3-6,8H,7H2,1-2H3;1-4H,8H2;1-5H;3H,1-2H3. The van der Waals surface area contributed by atoms with Crippen molar-refractivity contribution < 1.29 is 0 Å². The van der Waals surface area contributed by atoms with Gasteiger partial charge in [0, 0.05) is 46.8 Å². The Hall–Kier alpha value is -2.09. The molecule has 5 nitrogen and oxygen atoms in total. The second-order valence-electron chi connectivity index (χ2n) is 6.83. The lowest BCUT2D eigenvalue weighted by atomic mass is 10.00. The number of hydrogen-bond donors (Lipinski definition) is 2. The van der Waals surface area contributed by atoms with Gasteiger partial charge in [0.15, 0.2) is 0 Å². The molecule has 2 heterocycles. The molecule has 1 atom stereocenters. The lowest BCUT2D eigenvalue weighted by Gasteiger charge is -2.05. The summed E-state index contributed by atoms with van der Waals surface area (Å²) >= 11 is 12.7. The van der Waals surface area contributed by atoms with Crippen LogP contribution in [0, 0.1) is 5.92 Å². The Labute approximate surface area is 206 Å². The summed E-state index contributed by atoms with van der Waals surface area (Å²) in [5.74, 6) is 0.501. The third-order valence-electron chi connectivity index (χ3n) is 3.94. The van der Waals surface area contributed by atoms with Gasteiger partial charge in [-0.2, -0.15) is 5.10 Å². The highest BCUT2D eigenvalue weighted by molar-refractivity contribution is 7.97. The second-order valence-corrected chi connectivity index (χ2v) is 8.41. The number of pyridine rings is 1. The molecule has 1 aromatic heterocycles. The first kappa shape index (κ1) is 27.9. The number of nitrogens with zero attached hydrogens (tertiary/aromatic N) is 3. The third-order valence-corrected chi connectivity index (χ3v) is 4.99. The number of nitrogens with one attached hydrogen (secondary N) is 1. The number of hydrogen-bond acceptors (Lipinski definition) is 6. The van der Waals surface area contributed by atoms with E-state index in [1.54, 1.807) is 12.4 Å². The van der Waals surface area contributed by atoms with Crippen molar-refractivity contribution >= 4 is 40.9 Å². The topological polar surface area (TPSA) is 66.5 Å². The van der Waals surface area contributed by atoms with Crippen LogP contribution in [-0.2, 0) is 0 Å². The predicted molar refractivity (Wildman–Crippen MR) is 141 cm³/mol. The monoisotopic (exact) mass is 491 g/mol. The molecule has 0 amide bonds. The van der Waals surface area contributed by atoms with Gasteiger partial charge in [0.25, 0.3) is 0 Å². The van der Waals surface area contributed by atoms with Crippen LogP contribution >= 0.6 is 35.1 Å². The minimum absolute atomic E-state index is 0.501. The predicted octanol–water partition coefficient (Wildman–Crippen LogP) is 5.85. The summed E-state index contributed by atoms with van der Waals surface area (Å²) in [6.07, 6.45) is 3.50. The molecule has 2 aromatic carbocycles. The van der Waals surface area contributed by atoms with E-state index in [1.807, 2.05) is 92.9 Å². The number of nitrogens with two attached hydrogens (primary N) is 1. The summed E-state index contributed by atoms with van der Waals surface area (Å²) in [6.45, 7) is 3.19. The van der Waals surface area contributed by atoms with Crippen LogP contribution in [0.25, 0.3) is 0 Å². The highest BCUT2D eigenvalue weighted by atomic mass is 35.5.